The minimum atomic E-state index is -0.697. The number of carbonyl (C=O) groups is 1. The van der Waals surface area contributed by atoms with Gasteiger partial charge in [0.05, 0.1) is 6.10 Å². The normalized spacial score (nSPS) is 33.0. The van der Waals surface area contributed by atoms with E-state index in [9.17, 15) is 15.0 Å². The van der Waals surface area contributed by atoms with Crippen molar-refractivity contribution in [1.82, 2.24) is 9.88 Å². The van der Waals surface area contributed by atoms with Gasteiger partial charge in [0.2, 0.25) is 0 Å². The summed E-state index contributed by atoms with van der Waals surface area (Å²) in [6.45, 7) is 4.86. The van der Waals surface area contributed by atoms with Crippen molar-refractivity contribution in [3.05, 3.63) is 34.7 Å². The van der Waals surface area contributed by atoms with Crippen LogP contribution < -0.4 is 0 Å². The van der Waals surface area contributed by atoms with Gasteiger partial charge in [-0.25, -0.2) is 0 Å². The first-order valence-corrected chi connectivity index (χ1v) is 10.5. The molecule has 0 radical (unpaired) electrons. The number of rotatable bonds is 6. The number of aryl methyl sites for hydroxylation is 1. The topological polar surface area (TPSA) is 76.6 Å². The molecule has 1 aromatic rings. The second kappa shape index (κ2) is 7.44. The number of aliphatic hydroxyl groups excluding tert-OH is 1. The van der Waals surface area contributed by atoms with Crippen LogP contribution in [0.3, 0.4) is 0 Å². The van der Waals surface area contributed by atoms with Crippen molar-refractivity contribution in [2.75, 3.05) is 6.54 Å². The quantitative estimate of drug-likeness (QED) is 0.670. The Morgan fingerprint density at radius 2 is 2.22 bits per heavy atom. The fourth-order valence-corrected chi connectivity index (χ4v) is 5.62. The predicted molar refractivity (Wildman–Crippen MR) is 105 cm³/mol. The first-order valence-electron chi connectivity index (χ1n) is 10.5. The van der Waals surface area contributed by atoms with Crippen molar-refractivity contribution < 1.29 is 15.0 Å². The number of piperidine rings is 1. The minimum Gasteiger partial charge on any atom is -0.480 e. The number of carboxylic acids is 1. The first-order chi connectivity index (χ1) is 13.0. The zero-order valence-corrected chi connectivity index (χ0v) is 16.4. The number of H-pyrrole nitrogens is 1. The van der Waals surface area contributed by atoms with Crippen LogP contribution in [0.2, 0.25) is 0 Å². The molecule has 3 N–H and O–H groups in total. The molecule has 3 aliphatic heterocycles. The van der Waals surface area contributed by atoms with Crippen LogP contribution in [0.15, 0.2) is 17.7 Å². The van der Waals surface area contributed by atoms with Crippen LogP contribution in [-0.4, -0.2) is 50.8 Å². The van der Waals surface area contributed by atoms with Gasteiger partial charge in [-0.1, -0.05) is 25.0 Å². The number of carboxylic acid groups (broad SMARTS) is 1. The molecule has 5 nitrogen and oxygen atoms in total. The van der Waals surface area contributed by atoms with Crippen molar-refractivity contribution in [2.24, 2.45) is 5.92 Å². The Morgan fingerprint density at radius 3 is 2.93 bits per heavy atom. The second-order valence-corrected chi connectivity index (χ2v) is 8.80. The highest BCUT2D eigenvalue weighted by Crippen LogP contribution is 2.47. The molecule has 27 heavy (non-hydrogen) atoms. The third-order valence-corrected chi connectivity index (χ3v) is 6.81. The monoisotopic (exact) mass is 372 g/mol. The fraction of sp³-hybridized carbons (Fsp3) is 0.682. The van der Waals surface area contributed by atoms with E-state index < -0.39 is 12.0 Å². The molecule has 1 fully saturated rings. The number of hydrogen-bond donors (Lipinski definition) is 3. The number of allylic oxidation sites excluding steroid dienone is 1. The standard InChI is InChI=1S/C22H32N2O3/c1-3-4-15-7-6-14-9-18-20-16(10-17(23-20)8-5-13(2)25)11-19(22(26)27)24(12-14)21(15)18/h6,10,13,15,18-19,21,23,25H,3-5,7-9,11-12H2,1-2H3,(H,26,27). The molecule has 148 valence electrons. The molecule has 0 amide bonds. The summed E-state index contributed by atoms with van der Waals surface area (Å²) in [5.41, 5.74) is 5.00. The average molecular weight is 373 g/mol. The molecular formula is C22H32N2O3. The van der Waals surface area contributed by atoms with E-state index in [1.165, 1.54) is 16.8 Å². The number of aromatic amines is 1. The Bertz CT molecular complexity index is 736. The van der Waals surface area contributed by atoms with Gasteiger partial charge in [-0.05, 0) is 56.6 Å². The first kappa shape index (κ1) is 18.8. The summed E-state index contributed by atoms with van der Waals surface area (Å²) >= 11 is 0. The lowest BCUT2D eigenvalue weighted by Crippen LogP contribution is -2.54. The van der Waals surface area contributed by atoms with E-state index in [4.69, 9.17) is 0 Å². The minimum absolute atomic E-state index is 0.304. The van der Waals surface area contributed by atoms with Gasteiger partial charge in [-0.2, -0.15) is 0 Å². The van der Waals surface area contributed by atoms with Gasteiger partial charge in [-0.15, -0.1) is 0 Å². The maximum atomic E-state index is 12.2. The molecule has 1 saturated heterocycles. The van der Waals surface area contributed by atoms with Gasteiger partial charge in [0, 0.05) is 36.3 Å². The molecule has 4 aliphatic rings. The van der Waals surface area contributed by atoms with Gasteiger partial charge in [-0.3, -0.25) is 9.69 Å². The Labute approximate surface area is 161 Å². The molecule has 4 bridgehead atoms. The number of fused-ring (bicyclic) bond motifs is 3. The van der Waals surface area contributed by atoms with Crippen molar-refractivity contribution >= 4 is 5.97 Å². The number of aliphatic carboxylic acids is 1. The number of nitrogens with zero attached hydrogens (tertiary/aromatic N) is 1. The van der Waals surface area contributed by atoms with E-state index in [0.29, 0.717) is 24.3 Å². The van der Waals surface area contributed by atoms with Crippen molar-refractivity contribution in [3.8, 4) is 0 Å². The molecule has 1 aromatic heterocycles. The van der Waals surface area contributed by atoms with Gasteiger partial charge in [0.1, 0.15) is 6.04 Å². The predicted octanol–water partition coefficient (Wildman–Crippen LogP) is 3.24. The SMILES string of the molecule is CCCC1CC=C2CC3c4[nH]c(CCC(C)O)cc4CC(C(=O)O)N(C2)C13. The van der Waals surface area contributed by atoms with E-state index in [1.54, 1.807) is 0 Å². The van der Waals surface area contributed by atoms with Crippen LogP contribution >= 0.6 is 0 Å². The van der Waals surface area contributed by atoms with Crippen molar-refractivity contribution in [1.29, 1.82) is 0 Å². The highest BCUT2D eigenvalue weighted by atomic mass is 16.4. The summed E-state index contributed by atoms with van der Waals surface area (Å²) in [6, 6.07) is 2.03. The van der Waals surface area contributed by atoms with Gasteiger partial charge in [0.25, 0.3) is 0 Å². The maximum Gasteiger partial charge on any atom is 0.321 e. The van der Waals surface area contributed by atoms with E-state index in [-0.39, 0.29) is 6.10 Å². The van der Waals surface area contributed by atoms with Gasteiger partial charge >= 0.3 is 5.97 Å². The highest BCUT2D eigenvalue weighted by Gasteiger charge is 2.48. The molecule has 6 atom stereocenters. The van der Waals surface area contributed by atoms with Gasteiger partial charge in [0.15, 0.2) is 0 Å². The summed E-state index contributed by atoms with van der Waals surface area (Å²) in [7, 11) is 0. The molecular weight excluding hydrogens is 340 g/mol. The lowest BCUT2D eigenvalue weighted by molar-refractivity contribution is -0.145. The van der Waals surface area contributed by atoms with Crippen LogP contribution in [-0.2, 0) is 17.6 Å². The van der Waals surface area contributed by atoms with E-state index in [0.717, 1.165) is 50.8 Å². The number of hydrogen-bond acceptors (Lipinski definition) is 3. The zero-order valence-electron chi connectivity index (χ0n) is 16.4. The third kappa shape index (κ3) is 3.47. The Balaban J connectivity index is 1.75. The summed E-state index contributed by atoms with van der Waals surface area (Å²) < 4.78 is 0. The largest absolute Gasteiger partial charge is 0.480 e. The number of aliphatic hydroxyl groups is 1. The Kier molecular flexibility index (Phi) is 5.17. The van der Waals surface area contributed by atoms with Crippen molar-refractivity contribution in [3.63, 3.8) is 0 Å². The molecule has 0 spiro atoms. The molecule has 5 rings (SSSR count). The average Bonchev–Trinajstić information content (AvgIpc) is 2.81. The van der Waals surface area contributed by atoms with Crippen LogP contribution in [0.4, 0.5) is 0 Å². The lowest BCUT2D eigenvalue weighted by atomic mass is 9.78. The molecule has 6 unspecified atom stereocenters. The van der Waals surface area contributed by atoms with Gasteiger partial charge < -0.3 is 15.2 Å². The summed E-state index contributed by atoms with van der Waals surface area (Å²) in [4.78, 5) is 18.2. The lowest BCUT2D eigenvalue weighted by Gasteiger charge is -2.44. The maximum absolute atomic E-state index is 12.2. The molecule has 0 saturated carbocycles. The zero-order chi connectivity index (χ0) is 19.1. The molecule has 0 aromatic carbocycles. The molecule has 1 aliphatic carbocycles. The van der Waals surface area contributed by atoms with Crippen LogP contribution in [0.1, 0.15) is 68.8 Å². The fourth-order valence-electron chi connectivity index (χ4n) is 5.62. The summed E-state index contributed by atoms with van der Waals surface area (Å²) in [5.74, 6) is 0.192. The number of nitrogens with one attached hydrogen (secondary N) is 1. The summed E-state index contributed by atoms with van der Waals surface area (Å²) in [6.07, 6.45) is 8.62. The smallest absolute Gasteiger partial charge is 0.321 e. The Morgan fingerprint density at radius 1 is 1.41 bits per heavy atom. The molecule has 5 heteroatoms. The van der Waals surface area contributed by atoms with Crippen LogP contribution in [0.5, 0.6) is 0 Å². The van der Waals surface area contributed by atoms with E-state index in [1.807, 2.05) is 6.92 Å². The Hall–Kier alpha value is -1.59. The summed E-state index contributed by atoms with van der Waals surface area (Å²) in [5, 5.41) is 19.6. The van der Waals surface area contributed by atoms with E-state index >= 15 is 0 Å². The highest BCUT2D eigenvalue weighted by molar-refractivity contribution is 5.74. The third-order valence-electron chi connectivity index (χ3n) is 6.81. The van der Waals surface area contributed by atoms with E-state index in [2.05, 4.69) is 29.0 Å². The molecule has 4 heterocycles. The van der Waals surface area contributed by atoms with Crippen LogP contribution in [0, 0.1) is 5.92 Å². The van der Waals surface area contributed by atoms with Crippen LogP contribution in [0.25, 0.3) is 0 Å². The second-order valence-electron chi connectivity index (χ2n) is 8.80. The number of aromatic nitrogens is 1. The van der Waals surface area contributed by atoms with Crippen molar-refractivity contribution in [2.45, 2.75) is 82.9 Å².